The molecule has 1 aromatic rings. The van der Waals surface area contributed by atoms with Gasteiger partial charge in [0.15, 0.2) is 0 Å². The average molecular weight is 327 g/mol. The maximum Gasteiger partial charge on any atom is 0.416 e. The molecule has 126 valence electrons. The molecule has 3 rings (SSSR count). The largest absolute Gasteiger partial charge is 0.416 e. The number of anilines is 1. The molecule has 1 aliphatic heterocycles. The second-order valence-electron chi connectivity index (χ2n) is 6.68. The summed E-state index contributed by atoms with van der Waals surface area (Å²) in [5.74, 6) is 0.284. The minimum atomic E-state index is -4.37. The summed E-state index contributed by atoms with van der Waals surface area (Å²) in [6.07, 6.45) is -0.528. The smallest absolute Gasteiger partial charge is 0.373 e. The summed E-state index contributed by atoms with van der Waals surface area (Å²) in [4.78, 5) is 12.4. The zero-order valence-electron chi connectivity index (χ0n) is 13.0. The zero-order chi connectivity index (χ0) is 16.7. The predicted molar refractivity (Wildman–Crippen MR) is 79.9 cm³/mol. The monoisotopic (exact) mass is 327 g/mol. The number of hydrogen-bond acceptors (Lipinski definition) is 2. The molecule has 1 heterocycles. The van der Waals surface area contributed by atoms with E-state index in [0.717, 1.165) is 37.8 Å². The molecule has 2 aliphatic rings. The van der Waals surface area contributed by atoms with E-state index in [9.17, 15) is 18.0 Å². The zero-order valence-corrected chi connectivity index (χ0v) is 13.0. The van der Waals surface area contributed by atoms with Crippen LogP contribution < -0.4 is 5.32 Å². The molecule has 1 unspecified atom stereocenters. The maximum absolute atomic E-state index is 12.5. The first-order valence-electron chi connectivity index (χ1n) is 7.92. The molecular formula is C17H20F3NO2. The maximum atomic E-state index is 12.5. The van der Waals surface area contributed by atoms with Crippen molar-refractivity contribution < 1.29 is 22.7 Å². The van der Waals surface area contributed by atoms with E-state index in [1.807, 2.05) is 0 Å². The number of alkyl halides is 3. The molecule has 1 saturated carbocycles. The van der Waals surface area contributed by atoms with E-state index < -0.39 is 11.7 Å². The second kappa shape index (κ2) is 5.82. The molecule has 2 fully saturated rings. The summed E-state index contributed by atoms with van der Waals surface area (Å²) < 4.78 is 43.4. The quantitative estimate of drug-likeness (QED) is 0.882. The number of benzene rings is 1. The van der Waals surface area contributed by atoms with Gasteiger partial charge in [0.05, 0.1) is 23.7 Å². The van der Waals surface area contributed by atoms with E-state index >= 15 is 0 Å². The lowest BCUT2D eigenvalue weighted by atomic mass is 9.69. The summed E-state index contributed by atoms with van der Waals surface area (Å²) in [5, 5.41) is 2.72. The number of hydrogen-bond donors (Lipinski definition) is 1. The van der Waals surface area contributed by atoms with Gasteiger partial charge in [-0.05, 0) is 55.9 Å². The number of carbonyl (C=O) groups excluding carboxylic acids is 1. The van der Waals surface area contributed by atoms with Gasteiger partial charge in [0.25, 0.3) is 0 Å². The van der Waals surface area contributed by atoms with Gasteiger partial charge in [-0.1, -0.05) is 6.92 Å². The van der Waals surface area contributed by atoms with Gasteiger partial charge in [-0.15, -0.1) is 0 Å². The van der Waals surface area contributed by atoms with Gasteiger partial charge in [-0.25, -0.2) is 0 Å². The highest BCUT2D eigenvalue weighted by molar-refractivity contribution is 5.94. The van der Waals surface area contributed by atoms with Crippen molar-refractivity contribution in [1.82, 2.24) is 0 Å². The van der Waals surface area contributed by atoms with Crippen LogP contribution in [0.5, 0.6) is 0 Å². The molecular weight excluding hydrogens is 307 g/mol. The molecule has 6 heteroatoms. The van der Waals surface area contributed by atoms with Gasteiger partial charge < -0.3 is 10.1 Å². The number of carbonyl (C=O) groups is 1. The van der Waals surface area contributed by atoms with Gasteiger partial charge in [0.2, 0.25) is 5.91 Å². The van der Waals surface area contributed by atoms with Crippen molar-refractivity contribution in [3.63, 3.8) is 0 Å². The molecule has 0 bridgehead atoms. The van der Waals surface area contributed by atoms with E-state index in [0.29, 0.717) is 18.2 Å². The van der Waals surface area contributed by atoms with Gasteiger partial charge in [0.1, 0.15) is 0 Å². The van der Waals surface area contributed by atoms with Crippen LogP contribution in [0.1, 0.15) is 38.2 Å². The molecule has 1 atom stereocenters. The fraction of sp³-hybridized carbons (Fsp3) is 0.588. The van der Waals surface area contributed by atoms with Crippen LogP contribution in [0.3, 0.4) is 0 Å². The summed E-state index contributed by atoms with van der Waals surface area (Å²) in [6.45, 7) is 2.59. The van der Waals surface area contributed by atoms with Crippen LogP contribution in [0.2, 0.25) is 0 Å². The molecule has 0 aromatic heterocycles. The second-order valence-corrected chi connectivity index (χ2v) is 6.68. The van der Waals surface area contributed by atoms with Crippen LogP contribution >= 0.6 is 0 Å². The van der Waals surface area contributed by atoms with Crippen molar-refractivity contribution in [2.45, 2.75) is 44.4 Å². The molecule has 1 aliphatic carbocycles. The number of rotatable bonds is 2. The van der Waals surface area contributed by atoms with Crippen LogP contribution in [0.4, 0.5) is 18.9 Å². The standard InChI is InChI=1S/C17H20F3NO2/c1-11-6-8-16(9-7-11)14(10-23-16)15(22)21-13-4-2-12(3-5-13)17(18,19)20/h2-5,11,14H,6-10H2,1H3,(H,21,22). The summed E-state index contributed by atoms with van der Waals surface area (Å²) in [7, 11) is 0. The van der Waals surface area contributed by atoms with Gasteiger partial charge in [0, 0.05) is 5.69 Å². The number of ether oxygens (including phenoxy) is 1. The Morgan fingerprint density at radius 1 is 1.22 bits per heavy atom. The fourth-order valence-corrected chi connectivity index (χ4v) is 3.43. The van der Waals surface area contributed by atoms with Crippen LogP contribution in [-0.4, -0.2) is 18.1 Å². The van der Waals surface area contributed by atoms with E-state index in [1.54, 1.807) is 0 Å². The Bertz CT molecular complexity index is 574. The number of halogens is 3. The van der Waals surface area contributed by atoms with Crippen molar-refractivity contribution >= 4 is 11.6 Å². The van der Waals surface area contributed by atoms with Gasteiger partial charge >= 0.3 is 6.18 Å². The highest BCUT2D eigenvalue weighted by atomic mass is 19.4. The lowest BCUT2D eigenvalue weighted by Crippen LogP contribution is -2.59. The van der Waals surface area contributed by atoms with Crippen LogP contribution in [0, 0.1) is 11.8 Å². The van der Waals surface area contributed by atoms with Crippen LogP contribution in [0.25, 0.3) is 0 Å². The van der Waals surface area contributed by atoms with E-state index in [1.165, 1.54) is 12.1 Å². The molecule has 1 saturated heterocycles. The van der Waals surface area contributed by atoms with Crippen LogP contribution in [-0.2, 0) is 15.7 Å². The molecule has 1 amide bonds. The van der Waals surface area contributed by atoms with E-state index in [-0.39, 0.29) is 17.4 Å². The third-order valence-corrected chi connectivity index (χ3v) is 5.09. The summed E-state index contributed by atoms with van der Waals surface area (Å²) in [5.41, 5.74) is -0.697. The Morgan fingerprint density at radius 2 is 1.83 bits per heavy atom. The number of nitrogens with one attached hydrogen (secondary N) is 1. The summed E-state index contributed by atoms with van der Waals surface area (Å²) >= 11 is 0. The Hall–Kier alpha value is -1.56. The van der Waals surface area contributed by atoms with Crippen molar-refractivity contribution in [2.24, 2.45) is 11.8 Å². The highest BCUT2D eigenvalue weighted by Crippen LogP contribution is 2.46. The first kappa shape index (κ1) is 16.3. The highest BCUT2D eigenvalue weighted by Gasteiger charge is 2.53. The number of amides is 1. The topological polar surface area (TPSA) is 38.3 Å². The third-order valence-electron chi connectivity index (χ3n) is 5.09. The van der Waals surface area contributed by atoms with Crippen molar-refractivity contribution in [3.05, 3.63) is 29.8 Å². The van der Waals surface area contributed by atoms with Crippen molar-refractivity contribution in [1.29, 1.82) is 0 Å². The Kier molecular flexibility index (Phi) is 4.12. The minimum Gasteiger partial charge on any atom is -0.373 e. The molecule has 3 nitrogen and oxygen atoms in total. The molecule has 1 spiro atoms. The van der Waals surface area contributed by atoms with E-state index in [2.05, 4.69) is 12.2 Å². The van der Waals surface area contributed by atoms with Gasteiger partial charge in [-0.2, -0.15) is 13.2 Å². The molecule has 0 radical (unpaired) electrons. The SMILES string of the molecule is CC1CCC2(CC1)OCC2C(=O)Nc1ccc(C(F)(F)F)cc1. The third kappa shape index (κ3) is 3.22. The first-order valence-corrected chi connectivity index (χ1v) is 7.92. The Morgan fingerprint density at radius 3 is 2.30 bits per heavy atom. The Balaban J connectivity index is 1.63. The van der Waals surface area contributed by atoms with Crippen LogP contribution in [0.15, 0.2) is 24.3 Å². The average Bonchev–Trinajstić information content (AvgIpc) is 2.46. The lowest BCUT2D eigenvalue weighted by Gasteiger charge is -2.51. The normalized spacial score (nSPS) is 30.8. The first-order chi connectivity index (χ1) is 10.8. The van der Waals surface area contributed by atoms with E-state index in [4.69, 9.17) is 4.74 Å². The molecule has 1 N–H and O–H groups in total. The lowest BCUT2D eigenvalue weighted by molar-refractivity contribution is -0.218. The predicted octanol–water partition coefficient (Wildman–Crippen LogP) is 4.24. The molecule has 23 heavy (non-hydrogen) atoms. The van der Waals surface area contributed by atoms with Crippen molar-refractivity contribution in [3.8, 4) is 0 Å². The minimum absolute atomic E-state index is 0.162. The Labute approximate surface area is 133 Å². The molecule has 1 aromatic carbocycles. The van der Waals surface area contributed by atoms with Gasteiger partial charge in [-0.3, -0.25) is 4.79 Å². The fourth-order valence-electron chi connectivity index (χ4n) is 3.43. The summed E-state index contributed by atoms with van der Waals surface area (Å²) in [6, 6.07) is 4.53. The van der Waals surface area contributed by atoms with Crippen molar-refractivity contribution in [2.75, 3.05) is 11.9 Å².